The summed E-state index contributed by atoms with van der Waals surface area (Å²) in [5, 5.41) is 28.2. The van der Waals surface area contributed by atoms with Crippen LogP contribution in [0.2, 0.25) is 0 Å². The van der Waals surface area contributed by atoms with Gasteiger partial charge in [0.25, 0.3) is 0 Å². The Balaban J connectivity index is 2.92. The molecule has 0 aromatic carbocycles. The maximum atomic E-state index is 12.8. The van der Waals surface area contributed by atoms with Crippen molar-refractivity contribution >= 4 is 29.6 Å². The van der Waals surface area contributed by atoms with E-state index >= 15 is 0 Å². The number of primary amides is 1. The summed E-state index contributed by atoms with van der Waals surface area (Å²) in [6.07, 6.45) is 1.39. The van der Waals surface area contributed by atoms with Gasteiger partial charge in [0.2, 0.25) is 23.6 Å². The highest BCUT2D eigenvalue weighted by molar-refractivity contribution is 5.96. The first-order chi connectivity index (χ1) is 14.1. The number of aliphatic hydroxyl groups excluding tert-OH is 1. The van der Waals surface area contributed by atoms with Crippen molar-refractivity contribution < 1.29 is 34.2 Å². The third-order valence-corrected chi connectivity index (χ3v) is 5.01. The normalized spacial score (nSPS) is 19.8. The van der Waals surface area contributed by atoms with Gasteiger partial charge in [-0.3, -0.25) is 19.2 Å². The average molecular weight is 429 g/mol. The first kappa shape index (κ1) is 25.3. The van der Waals surface area contributed by atoms with Crippen LogP contribution < -0.4 is 27.0 Å². The molecular formula is C18H31N5O7. The van der Waals surface area contributed by atoms with Crippen LogP contribution in [0.25, 0.3) is 0 Å². The predicted molar refractivity (Wildman–Crippen MR) is 105 cm³/mol. The highest BCUT2D eigenvalue weighted by atomic mass is 16.4. The molecule has 5 unspecified atom stereocenters. The highest BCUT2D eigenvalue weighted by Crippen LogP contribution is 2.10. The Morgan fingerprint density at radius 3 is 2.23 bits per heavy atom. The topological polar surface area (TPSA) is 200 Å². The second-order valence-corrected chi connectivity index (χ2v) is 7.33. The Hall–Kier alpha value is -2.73. The van der Waals surface area contributed by atoms with Crippen LogP contribution in [0.1, 0.15) is 39.5 Å². The summed E-state index contributed by atoms with van der Waals surface area (Å²) in [5.41, 5.74) is 5.20. The summed E-state index contributed by atoms with van der Waals surface area (Å²) in [7, 11) is 0. The first-order valence-corrected chi connectivity index (χ1v) is 9.87. The Morgan fingerprint density at radius 1 is 1.10 bits per heavy atom. The minimum absolute atomic E-state index is 0.400. The third-order valence-electron chi connectivity index (χ3n) is 5.01. The monoisotopic (exact) mass is 429 g/mol. The van der Waals surface area contributed by atoms with E-state index in [9.17, 15) is 24.0 Å². The van der Waals surface area contributed by atoms with Crippen LogP contribution in [0.4, 0.5) is 0 Å². The molecule has 0 radical (unpaired) electrons. The molecule has 0 aliphatic carbocycles. The molecule has 170 valence electrons. The van der Waals surface area contributed by atoms with Crippen molar-refractivity contribution in [1.29, 1.82) is 0 Å². The minimum Gasteiger partial charge on any atom is -0.480 e. The third kappa shape index (κ3) is 7.59. The van der Waals surface area contributed by atoms with Crippen molar-refractivity contribution in [2.75, 3.05) is 13.2 Å². The Labute approximate surface area is 174 Å². The zero-order valence-electron chi connectivity index (χ0n) is 17.1. The second kappa shape index (κ2) is 12.1. The lowest BCUT2D eigenvalue weighted by atomic mass is 9.97. The second-order valence-electron chi connectivity index (χ2n) is 7.33. The van der Waals surface area contributed by atoms with Crippen LogP contribution >= 0.6 is 0 Å². The van der Waals surface area contributed by atoms with Crippen LogP contribution in [-0.4, -0.2) is 77.1 Å². The van der Waals surface area contributed by atoms with E-state index in [1.807, 2.05) is 0 Å². The van der Waals surface area contributed by atoms with Gasteiger partial charge < -0.3 is 37.2 Å². The molecule has 5 atom stereocenters. The number of carbonyl (C=O) groups is 5. The van der Waals surface area contributed by atoms with Crippen LogP contribution in [0.15, 0.2) is 0 Å². The first-order valence-electron chi connectivity index (χ1n) is 9.87. The molecule has 1 aliphatic heterocycles. The molecule has 1 aliphatic rings. The summed E-state index contributed by atoms with van der Waals surface area (Å²) in [5.74, 6) is -4.70. The van der Waals surface area contributed by atoms with Crippen molar-refractivity contribution in [3.8, 4) is 0 Å². The average Bonchev–Trinajstić information content (AvgIpc) is 3.23. The molecular weight excluding hydrogens is 398 g/mol. The lowest BCUT2D eigenvalue weighted by molar-refractivity contribution is -0.143. The van der Waals surface area contributed by atoms with Gasteiger partial charge in [0.1, 0.15) is 18.1 Å². The molecule has 1 heterocycles. The molecule has 12 nitrogen and oxygen atoms in total. The van der Waals surface area contributed by atoms with Crippen LogP contribution in [0.3, 0.4) is 0 Å². The Morgan fingerprint density at radius 2 is 1.77 bits per heavy atom. The van der Waals surface area contributed by atoms with Gasteiger partial charge in [0.15, 0.2) is 0 Å². The number of rotatable bonds is 12. The summed E-state index contributed by atoms with van der Waals surface area (Å²) < 4.78 is 0. The number of hydrogen-bond donors (Lipinski definition) is 7. The quantitative estimate of drug-likeness (QED) is 0.172. The van der Waals surface area contributed by atoms with Gasteiger partial charge in [-0.15, -0.1) is 0 Å². The smallest absolute Gasteiger partial charge is 0.328 e. The summed E-state index contributed by atoms with van der Waals surface area (Å²) in [4.78, 5) is 60.1. The lowest BCUT2D eigenvalue weighted by Gasteiger charge is -2.27. The van der Waals surface area contributed by atoms with E-state index in [-0.39, 0.29) is 0 Å². The van der Waals surface area contributed by atoms with E-state index in [4.69, 9.17) is 15.9 Å². The maximum absolute atomic E-state index is 12.8. The number of aliphatic carboxylic acids is 1. The molecule has 0 spiro atoms. The zero-order chi connectivity index (χ0) is 22.8. The molecule has 0 bridgehead atoms. The molecule has 30 heavy (non-hydrogen) atoms. The zero-order valence-corrected chi connectivity index (χ0v) is 17.1. The van der Waals surface area contributed by atoms with Crippen LogP contribution in [0, 0.1) is 5.92 Å². The number of nitrogens with two attached hydrogens (primary N) is 1. The molecule has 0 aromatic rings. The van der Waals surface area contributed by atoms with E-state index in [0.717, 1.165) is 6.42 Å². The number of nitrogens with one attached hydrogen (secondary N) is 4. The molecule has 0 saturated carbocycles. The number of amides is 4. The lowest BCUT2D eigenvalue weighted by Crippen LogP contribution is -2.59. The van der Waals surface area contributed by atoms with Gasteiger partial charge >= 0.3 is 5.97 Å². The number of carboxylic acid groups (broad SMARTS) is 1. The fraction of sp³-hybridized carbons (Fsp3) is 0.722. The molecule has 1 saturated heterocycles. The van der Waals surface area contributed by atoms with E-state index in [0.29, 0.717) is 19.4 Å². The van der Waals surface area contributed by atoms with Crippen LogP contribution in [0.5, 0.6) is 0 Å². The van der Waals surface area contributed by atoms with E-state index in [1.165, 1.54) is 0 Å². The number of aliphatic hydroxyl groups is 1. The number of carboxylic acids is 1. The van der Waals surface area contributed by atoms with Gasteiger partial charge in [-0.1, -0.05) is 20.3 Å². The summed E-state index contributed by atoms with van der Waals surface area (Å²) >= 11 is 0. The van der Waals surface area contributed by atoms with Crippen molar-refractivity contribution in [1.82, 2.24) is 21.3 Å². The molecule has 4 amide bonds. The minimum atomic E-state index is -1.53. The fourth-order valence-electron chi connectivity index (χ4n) is 2.99. The summed E-state index contributed by atoms with van der Waals surface area (Å²) in [6.45, 7) is 3.28. The van der Waals surface area contributed by atoms with Crippen molar-refractivity contribution in [2.45, 2.75) is 63.7 Å². The Kier molecular flexibility index (Phi) is 10.2. The van der Waals surface area contributed by atoms with Crippen molar-refractivity contribution in [3.63, 3.8) is 0 Å². The van der Waals surface area contributed by atoms with Gasteiger partial charge in [0.05, 0.1) is 19.1 Å². The molecule has 1 fully saturated rings. The number of hydrogen-bond acceptors (Lipinski definition) is 7. The fourth-order valence-corrected chi connectivity index (χ4v) is 2.99. The maximum Gasteiger partial charge on any atom is 0.328 e. The van der Waals surface area contributed by atoms with Crippen molar-refractivity contribution in [3.05, 3.63) is 0 Å². The summed E-state index contributed by atoms with van der Waals surface area (Å²) in [6, 6.07) is -4.45. The molecule has 8 N–H and O–H groups in total. The van der Waals surface area contributed by atoms with Gasteiger partial charge in [0, 0.05) is 0 Å². The van der Waals surface area contributed by atoms with Gasteiger partial charge in [-0.05, 0) is 25.3 Å². The SMILES string of the molecule is CCC(C)C(NC(=O)C(CC(N)=O)NC(=O)C1CCCN1)C(=O)NC(CO)C(=O)O. The molecule has 1 rings (SSSR count). The van der Waals surface area contributed by atoms with E-state index < -0.39 is 72.7 Å². The Bertz CT molecular complexity index is 651. The van der Waals surface area contributed by atoms with Gasteiger partial charge in [-0.25, -0.2) is 4.79 Å². The van der Waals surface area contributed by atoms with Crippen LogP contribution in [-0.2, 0) is 24.0 Å². The molecule has 0 aromatic heterocycles. The van der Waals surface area contributed by atoms with Gasteiger partial charge in [-0.2, -0.15) is 0 Å². The predicted octanol–water partition coefficient (Wildman–Crippen LogP) is -2.81. The van der Waals surface area contributed by atoms with E-state index in [1.54, 1.807) is 13.8 Å². The standard InChI is InChI=1S/C18H31N5O7/c1-3-9(2)14(17(28)22-12(8-24)18(29)30)23-16(27)11(7-13(19)25)21-15(26)10-5-4-6-20-10/h9-12,14,20,24H,3-8H2,1-2H3,(H2,19,25)(H,21,26)(H,22,28)(H,23,27)(H,29,30). The van der Waals surface area contributed by atoms with E-state index in [2.05, 4.69) is 21.3 Å². The van der Waals surface area contributed by atoms with Crippen molar-refractivity contribution in [2.24, 2.45) is 11.7 Å². The number of carbonyl (C=O) groups excluding carboxylic acids is 4. The largest absolute Gasteiger partial charge is 0.480 e. The molecule has 12 heteroatoms. The highest BCUT2D eigenvalue weighted by Gasteiger charge is 2.33.